The molecule has 130 valence electrons. The molecule has 0 unspecified atom stereocenters. The molecule has 25 heavy (non-hydrogen) atoms. The Labute approximate surface area is 147 Å². The van der Waals surface area contributed by atoms with E-state index < -0.39 is 0 Å². The second kappa shape index (κ2) is 7.90. The van der Waals surface area contributed by atoms with Crippen LogP contribution in [0.3, 0.4) is 0 Å². The number of hydrogen-bond donors (Lipinski definition) is 1. The Bertz CT molecular complexity index is 822. The second-order valence-corrected chi connectivity index (χ2v) is 5.70. The first-order chi connectivity index (χ1) is 12.2. The molecular formula is C19H23N5O. The Hall–Kier alpha value is -2.73. The van der Waals surface area contributed by atoms with Gasteiger partial charge < -0.3 is 15.0 Å². The number of nitrogens with zero attached hydrogens (tertiary/aromatic N) is 4. The van der Waals surface area contributed by atoms with Gasteiger partial charge in [-0.15, -0.1) is 0 Å². The van der Waals surface area contributed by atoms with Crippen molar-refractivity contribution in [3.8, 4) is 0 Å². The number of morpholine rings is 1. The topological polar surface area (TPSA) is 63.2 Å². The number of hydrogen-bond acceptors (Lipinski definition) is 6. The molecule has 1 aliphatic rings. The van der Waals surface area contributed by atoms with Gasteiger partial charge in [0.15, 0.2) is 5.82 Å². The molecule has 0 bridgehead atoms. The van der Waals surface area contributed by atoms with Gasteiger partial charge in [-0.2, -0.15) is 0 Å². The molecule has 1 saturated heterocycles. The zero-order chi connectivity index (χ0) is 17.6. The molecule has 6 heteroatoms. The van der Waals surface area contributed by atoms with Crippen LogP contribution in [0.4, 0.5) is 5.82 Å². The molecule has 1 aliphatic heterocycles. The highest BCUT2D eigenvalue weighted by Gasteiger charge is 2.12. The molecule has 1 fully saturated rings. The molecule has 6 nitrogen and oxygen atoms in total. The average molecular weight is 337 g/mol. The number of anilines is 1. The number of rotatable bonds is 5. The number of pyridine rings is 1. The van der Waals surface area contributed by atoms with Crippen molar-refractivity contribution in [1.29, 1.82) is 0 Å². The lowest BCUT2D eigenvalue weighted by atomic mass is 10.1. The molecule has 2 aromatic rings. The van der Waals surface area contributed by atoms with Crippen LogP contribution in [0.1, 0.15) is 12.6 Å². The molecule has 0 saturated carbocycles. The largest absolute Gasteiger partial charge is 0.378 e. The average Bonchev–Trinajstić information content (AvgIpc) is 2.68. The molecule has 0 aromatic carbocycles. The molecule has 3 rings (SSSR count). The Balaban J connectivity index is 1.84. The molecular weight excluding hydrogens is 314 g/mol. The summed E-state index contributed by atoms with van der Waals surface area (Å²) in [5.74, 6) is 0.703. The third kappa shape index (κ3) is 3.85. The van der Waals surface area contributed by atoms with E-state index in [9.17, 15) is 0 Å². The summed E-state index contributed by atoms with van der Waals surface area (Å²) in [7, 11) is 1.83. The predicted molar refractivity (Wildman–Crippen MR) is 101 cm³/mol. The maximum atomic E-state index is 5.42. The Morgan fingerprint density at radius 3 is 2.72 bits per heavy atom. The summed E-state index contributed by atoms with van der Waals surface area (Å²) in [6.07, 6.45) is 9.53. The van der Waals surface area contributed by atoms with E-state index in [1.807, 2.05) is 26.1 Å². The maximum absolute atomic E-state index is 5.42. The molecule has 0 atom stereocenters. The smallest absolute Gasteiger partial charge is 0.154 e. The Morgan fingerprint density at radius 2 is 2.00 bits per heavy atom. The highest BCUT2D eigenvalue weighted by atomic mass is 16.5. The third-order valence-corrected chi connectivity index (χ3v) is 4.15. The lowest BCUT2D eigenvalue weighted by Crippen LogP contribution is -2.35. The summed E-state index contributed by atoms with van der Waals surface area (Å²) in [5, 5.41) is 3.08. The first-order valence-corrected chi connectivity index (χ1v) is 8.39. The van der Waals surface area contributed by atoms with Gasteiger partial charge in [0.1, 0.15) is 5.52 Å². The maximum Gasteiger partial charge on any atom is 0.154 e. The molecule has 0 radical (unpaired) electrons. The number of aromatic nitrogens is 3. The monoisotopic (exact) mass is 337 g/mol. The van der Waals surface area contributed by atoms with Crippen molar-refractivity contribution in [2.45, 2.75) is 6.92 Å². The summed E-state index contributed by atoms with van der Waals surface area (Å²) in [6, 6.07) is 1.92. The summed E-state index contributed by atoms with van der Waals surface area (Å²) in [6.45, 7) is 9.55. The van der Waals surface area contributed by atoms with Crippen molar-refractivity contribution >= 4 is 22.4 Å². The van der Waals surface area contributed by atoms with Crippen molar-refractivity contribution in [1.82, 2.24) is 19.9 Å². The van der Waals surface area contributed by atoms with Crippen molar-refractivity contribution in [3.63, 3.8) is 0 Å². The molecule has 2 aromatic heterocycles. The van der Waals surface area contributed by atoms with Crippen LogP contribution < -0.4 is 5.32 Å². The summed E-state index contributed by atoms with van der Waals surface area (Å²) < 4.78 is 5.42. The van der Waals surface area contributed by atoms with Gasteiger partial charge >= 0.3 is 0 Å². The van der Waals surface area contributed by atoms with Crippen LogP contribution in [-0.4, -0.2) is 53.2 Å². The van der Waals surface area contributed by atoms with Crippen molar-refractivity contribution in [2.24, 2.45) is 0 Å². The van der Waals surface area contributed by atoms with Crippen LogP contribution >= 0.6 is 0 Å². The van der Waals surface area contributed by atoms with Crippen LogP contribution in [0.25, 0.3) is 16.6 Å². The van der Waals surface area contributed by atoms with E-state index in [4.69, 9.17) is 4.74 Å². The molecule has 0 spiro atoms. The Kier molecular flexibility index (Phi) is 5.40. The lowest BCUT2D eigenvalue weighted by Gasteiger charge is -2.29. The van der Waals surface area contributed by atoms with Crippen molar-refractivity contribution in [2.75, 3.05) is 38.7 Å². The zero-order valence-corrected chi connectivity index (χ0v) is 14.7. The lowest BCUT2D eigenvalue weighted by molar-refractivity contribution is 0.0553. The highest BCUT2D eigenvalue weighted by molar-refractivity contribution is 5.88. The van der Waals surface area contributed by atoms with Gasteiger partial charge in [0.05, 0.1) is 24.4 Å². The van der Waals surface area contributed by atoms with E-state index in [0.29, 0.717) is 5.82 Å². The summed E-state index contributed by atoms with van der Waals surface area (Å²) >= 11 is 0. The van der Waals surface area contributed by atoms with Gasteiger partial charge in [-0.1, -0.05) is 18.7 Å². The van der Waals surface area contributed by atoms with Gasteiger partial charge in [0.25, 0.3) is 0 Å². The minimum Gasteiger partial charge on any atom is -0.378 e. The fourth-order valence-electron chi connectivity index (χ4n) is 2.79. The fourth-order valence-corrected chi connectivity index (χ4v) is 2.79. The van der Waals surface area contributed by atoms with Crippen molar-refractivity contribution in [3.05, 3.63) is 54.7 Å². The minimum absolute atomic E-state index is 0.703. The number of allylic oxidation sites excluding steroid dienone is 4. The van der Waals surface area contributed by atoms with E-state index in [1.165, 1.54) is 5.70 Å². The SMILES string of the molecule is C=C(/C=C\C(=C/C)N1CCOCC1)c1cc2nccnc2c(NC)n1. The molecule has 1 N–H and O–H groups in total. The van der Waals surface area contributed by atoms with Crippen LogP contribution in [-0.2, 0) is 4.74 Å². The first kappa shape index (κ1) is 17.1. The van der Waals surface area contributed by atoms with Crippen LogP contribution in [0.5, 0.6) is 0 Å². The van der Waals surface area contributed by atoms with E-state index in [-0.39, 0.29) is 0 Å². The van der Waals surface area contributed by atoms with E-state index in [1.54, 1.807) is 12.4 Å². The third-order valence-electron chi connectivity index (χ3n) is 4.15. The number of nitrogens with one attached hydrogen (secondary N) is 1. The van der Waals surface area contributed by atoms with Gasteiger partial charge in [0.2, 0.25) is 0 Å². The van der Waals surface area contributed by atoms with E-state index in [2.05, 4.69) is 43.9 Å². The highest BCUT2D eigenvalue weighted by Crippen LogP contribution is 2.22. The fraction of sp³-hybridized carbons (Fsp3) is 0.316. The van der Waals surface area contributed by atoms with Crippen LogP contribution in [0.2, 0.25) is 0 Å². The number of fused-ring (bicyclic) bond motifs is 1. The molecule has 3 heterocycles. The van der Waals surface area contributed by atoms with Gasteiger partial charge in [-0.3, -0.25) is 4.98 Å². The van der Waals surface area contributed by atoms with Crippen molar-refractivity contribution < 1.29 is 4.74 Å². The second-order valence-electron chi connectivity index (χ2n) is 5.70. The van der Waals surface area contributed by atoms with Gasteiger partial charge in [-0.25, -0.2) is 9.97 Å². The van der Waals surface area contributed by atoms with Crippen LogP contribution in [0.15, 0.2) is 49.0 Å². The quantitative estimate of drug-likeness (QED) is 0.847. The van der Waals surface area contributed by atoms with E-state index in [0.717, 1.165) is 48.6 Å². The van der Waals surface area contributed by atoms with Crippen LogP contribution in [0, 0.1) is 0 Å². The number of ether oxygens (including phenoxy) is 1. The zero-order valence-electron chi connectivity index (χ0n) is 14.7. The Morgan fingerprint density at radius 1 is 1.24 bits per heavy atom. The molecule has 0 aliphatic carbocycles. The summed E-state index contributed by atoms with van der Waals surface area (Å²) in [4.78, 5) is 15.6. The van der Waals surface area contributed by atoms with E-state index >= 15 is 0 Å². The van der Waals surface area contributed by atoms with Gasteiger partial charge in [0, 0.05) is 38.2 Å². The summed E-state index contributed by atoms with van der Waals surface area (Å²) in [5.41, 5.74) is 4.33. The normalized spacial score (nSPS) is 15.8. The predicted octanol–water partition coefficient (Wildman–Crippen LogP) is 2.87. The van der Waals surface area contributed by atoms with Gasteiger partial charge in [-0.05, 0) is 24.6 Å². The first-order valence-electron chi connectivity index (χ1n) is 8.39. The standard InChI is InChI=1S/C19H23N5O/c1-4-15(24-9-11-25-12-10-24)6-5-14(2)16-13-17-18(19(20-3)23-16)22-8-7-21-17/h4-8,13H,2,9-12H2,1,3H3,(H,20,23)/b6-5-,15-4+. The molecule has 0 amide bonds. The minimum atomic E-state index is 0.703.